The Morgan fingerprint density at radius 2 is 1.92 bits per heavy atom. The molecule has 2 amide bonds. The van der Waals surface area contributed by atoms with E-state index in [1.54, 1.807) is 11.1 Å². The fraction of sp³-hybridized carbons (Fsp3) is 0.407. The highest BCUT2D eigenvalue weighted by Gasteiger charge is 2.38. The zero-order chi connectivity index (χ0) is 25.7. The summed E-state index contributed by atoms with van der Waals surface area (Å²) >= 11 is 0. The van der Waals surface area contributed by atoms with Crippen LogP contribution in [0.3, 0.4) is 0 Å². The fourth-order valence-electron chi connectivity index (χ4n) is 5.52. The van der Waals surface area contributed by atoms with E-state index in [4.69, 9.17) is 4.52 Å². The number of aryl methyl sites for hydroxylation is 3. The SMILES string of the molecule is Cc1cc(N2CC(C(=O)N3CCC(c4nc(-c5ccc6c(C)nn(C)c6c5)no4)CC3)CC2=O)ccn1. The lowest BCUT2D eigenvalue weighted by Gasteiger charge is -2.32. The average molecular weight is 500 g/mol. The number of likely N-dealkylation sites (tertiary alicyclic amines) is 1. The third-order valence-corrected chi connectivity index (χ3v) is 7.56. The van der Waals surface area contributed by atoms with Crippen molar-refractivity contribution in [3.05, 3.63) is 53.8 Å². The van der Waals surface area contributed by atoms with Gasteiger partial charge in [0, 0.05) is 67.5 Å². The second-order valence-corrected chi connectivity index (χ2v) is 10.1. The van der Waals surface area contributed by atoms with Crippen molar-refractivity contribution in [2.45, 2.75) is 39.0 Å². The predicted molar refractivity (Wildman–Crippen MR) is 137 cm³/mol. The quantitative estimate of drug-likeness (QED) is 0.423. The van der Waals surface area contributed by atoms with Crippen molar-refractivity contribution in [3.8, 4) is 11.4 Å². The molecule has 0 N–H and O–H groups in total. The third-order valence-electron chi connectivity index (χ3n) is 7.56. The van der Waals surface area contributed by atoms with Crippen LogP contribution < -0.4 is 4.90 Å². The molecule has 37 heavy (non-hydrogen) atoms. The molecule has 1 atom stereocenters. The molecule has 1 unspecified atom stereocenters. The van der Waals surface area contributed by atoms with Crippen molar-refractivity contribution in [3.63, 3.8) is 0 Å². The van der Waals surface area contributed by atoms with E-state index >= 15 is 0 Å². The van der Waals surface area contributed by atoms with Gasteiger partial charge in [-0.2, -0.15) is 10.1 Å². The molecule has 0 aliphatic carbocycles. The minimum atomic E-state index is -0.321. The molecule has 10 nitrogen and oxygen atoms in total. The second-order valence-electron chi connectivity index (χ2n) is 10.1. The Bertz CT molecular complexity index is 1500. The number of rotatable bonds is 4. The Labute approximate surface area is 214 Å². The van der Waals surface area contributed by atoms with E-state index in [2.05, 4.69) is 20.2 Å². The number of benzene rings is 1. The van der Waals surface area contributed by atoms with E-state index in [0.29, 0.717) is 31.3 Å². The summed E-state index contributed by atoms with van der Waals surface area (Å²) in [5, 5.41) is 9.81. The number of nitrogens with zero attached hydrogens (tertiary/aromatic N) is 7. The molecule has 1 aromatic carbocycles. The van der Waals surface area contributed by atoms with Crippen LogP contribution in [-0.2, 0) is 16.6 Å². The highest BCUT2D eigenvalue weighted by Crippen LogP contribution is 2.32. The first kappa shape index (κ1) is 23.3. The van der Waals surface area contributed by atoms with Gasteiger partial charge in [-0.15, -0.1) is 0 Å². The third kappa shape index (κ3) is 4.26. The topological polar surface area (TPSA) is 110 Å². The van der Waals surface area contributed by atoms with Crippen molar-refractivity contribution in [2.24, 2.45) is 13.0 Å². The van der Waals surface area contributed by atoms with Crippen LogP contribution in [0.4, 0.5) is 5.69 Å². The number of piperidine rings is 1. The maximum absolute atomic E-state index is 13.2. The molecule has 0 bridgehead atoms. The maximum atomic E-state index is 13.2. The van der Waals surface area contributed by atoms with Gasteiger partial charge < -0.3 is 14.3 Å². The van der Waals surface area contributed by atoms with Crippen LogP contribution >= 0.6 is 0 Å². The van der Waals surface area contributed by atoms with Crippen LogP contribution in [-0.4, -0.2) is 61.3 Å². The molecule has 2 aliphatic rings. The minimum Gasteiger partial charge on any atom is -0.342 e. The Balaban J connectivity index is 1.09. The molecular formula is C27H29N7O3. The molecular weight excluding hydrogens is 470 g/mol. The lowest BCUT2D eigenvalue weighted by Crippen LogP contribution is -2.42. The summed E-state index contributed by atoms with van der Waals surface area (Å²) < 4.78 is 7.50. The van der Waals surface area contributed by atoms with Gasteiger partial charge in [-0.25, -0.2) is 0 Å². The highest BCUT2D eigenvalue weighted by atomic mass is 16.5. The van der Waals surface area contributed by atoms with Crippen molar-refractivity contribution in [1.29, 1.82) is 0 Å². The largest absolute Gasteiger partial charge is 0.342 e. The predicted octanol–water partition coefficient (Wildman–Crippen LogP) is 3.39. The van der Waals surface area contributed by atoms with Gasteiger partial charge in [-0.1, -0.05) is 17.3 Å². The smallest absolute Gasteiger partial charge is 0.230 e. The van der Waals surface area contributed by atoms with Gasteiger partial charge >= 0.3 is 0 Å². The van der Waals surface area contributed by atoms with Gasteiger partial charge in [-0.3, -0.25) is 19.3 Å². The first-order chi connectivity index (χ1) is 17.9. The Hall–Kier alpha value is -4.08. The zero-order valence-corrected chi connectivity index (χ0v) is 21.2. The second kappa shape index (κ2) is 9.10. The molecule has 0 spiro atoms. The van der Waals surface area contributed by atoms with E-state index in [1.807, 2.05) is 60.8 Å². The van der Waals surface area contributed by atoms with Gasteiger partial charge in [0.15, 0.2) is 0 Å². The Kier molecular flexibility index (Phi) is 5.73. The van der Waals surface area contributed by atoms with Crippen molar-refractivity contribution in [1.82, 2.24) is 29.8 Å². The van der Waals surface area contributed by atoms with Crippen LogP contribution in [0, 0.1) is 19.8 Å². The molecule has 0 saturated carbocycles. The number of anilines is 1. The summed E-state index contributed by atoms with van der Waals surface area (Å²) in [6.45, 7) is 5.52. The molecule has 0 radical (unpaired) electrons. The number of aromatic nitrogens is 5. The summed E-state index contributed by atoms with van der Waals surface area (Å²) in [5.74, 6) is 0.985. The standard InChI is InChI=1S/C27H29N7O3/c1-16-12-21(6-9-28-16)34-15-20(14-24(34)35)27(36)33-10-7-18(8-11-33)26-29-25(31-37-26)19-4-5-22-17(2)30-32(3)23(22)13-19/h4-6,9,12-13,18,20H,7-8,10-11,14-15H2,1-3H3. The number of amides is 2. The van der Waals surface area contributed by atoms with Crippen LogP contribution in [0.1, 0.15) is 42.5 Å². The average Bonchev–Trinajstić information content (AvgIpc) is 3.61. The number of hydrogen-bond acceptors (Lipinski definition) is 7. The van der Waals surface area contributed by atoms with Gasteiger partial charge in [0.1, 0.15) is 0 Å². The molecule has 2 aliphatic heterocycles. The van der Waals surface area contributed by atoms with Crippen LogP contribution in [0.5, 0.6) is 0 Å². The number of hydrogen-bond donors (Lipinski definition) is 0. The molecule has 10 heteroatoms. The van der Waals surface area contributed by atoms with Crippen molar-refractivity contribution < 1.29 is 14.1 Å². The number of carbonyl (C=O) groups is 2. The maximum Gasteiger partial charge on any atom is 0.230 e. The molecule has 2 saturated heterocycles. The Morgan fingerprint density at radius 3 is 2.70 bits per heavy atom. The normalized spacial score (nSPS) is 18.8. The van der Waals surface area contributed by atoms with E-state index in [0.717, 1.165) is 46.4 Å². The lowest BCUT2D eigenvalue weighted by atomic mass is 9.95. The summed E-state index contributed by atoms with van der Waals surface area (Å²) in [6.07, 6.45) is 3.44. The number of carbonyl (C=O) groups excluding carboxylic acids is 2. The highest BCUT2D eigenvalue weighted by molar-refractivity contribution is 6.00. The molecule has 6 rings (SSSR count). The van der Waals surface area contributed by atoms with Gasteiger partial charge in [0.05, 0.1) is 17.1 Å². The summed E-state index contributed by atoms with van der Waals surface area (Å²) in [5.41, 5.74) is 4.55. The zero-order valence-electron chi connectivity index (χ0n) is 21.2. The molecule has 3 aromatic heterocycles. The number of pyridine rings is 1. The molecule has 4 aromatic rings. The summed E-state index contributed by atoms with van der Waals surface area (Å²) in [7, 11) is 1.93. The van der Waals surface area contributed by atoms with Gasteiger partial charge in [0.2, 0.25) is 23.5 Å². The first-order valence-electron chi connectivity index (χ1n) is 12.7. The van der Waals surface area contributed by atoms with Crippen LogP contribution in [0.15, 0.2) is 41.1 Å². The fourth-order valence-corrected chi connectivity index (χ4v) is 5.52. The van der Waals surface area contributed by atoms with Gasteiger partial charge in [-0.05, 0) is 44.9 Å². The molecule has 190 valence electrons. The van der Waals surface area contributed by atoms with Gasteiger partial charge in [0.25, 0.3) is 0 Å². The Morgan fingerprint density at radius 1 is 1.11 bits per heavy atom. The molecule has 5 heterocycles. The lowest BCUT2D eigenvalue weighted by molar-refractivity contribution is -0.136. The van der Waals surface area contributed by atoms with E-state index in [-0.39, 0.29) is 30.1 Å². The molecule has 2 fully saturated rings. The van der Waals surface area contributed by atoms with Crippen molar-refractivity contribution in [2.75, 3.05) is 24.5 Å². The van der Waals surface area contributed by atoms with Crippen molar-refractivity contribution >= 4 is 28.4 Å². The summed E-state index contributed by atoms with van der Waals surface area (Å²) in [4.78, 5) is 38.3. The van der Waals surface area contributed by atoms with E-state index < -0.39 is 0 Å². The minimum absolute atomic E-state index is 0.0169. The van der Waals surface area contributed by atoms with E-state index in [9.17, 15) is 9.59 Å². The van der Waals surface area contributed by atoms with Crippen LogP contribution in [0.25, 0.3) is 22.3 Å². The van der Waals surface area contributed by atoms with E-state index in [1.165, 1.54) is 0 Å². The number of fused-ring (bicyclic) bond motifs is 1. The van der Waals surface area contributed by atoms with Crippen LogP contribution in [0.2, 0.25) is 0 Å². The first-order valence-corrected chi connectivity index (χ1v) is 12.7. The summed E-state index contributed by atoms with van der Waals surface area (Å²) in [6, 6.07) is 9.76. The monoisotopic (exact) mass is 499 g/mol.